The Hall–Kier alpha value is -2.81. The van der Waals surface area contributed by atoms with Crippen molar-refractivity contribution in [2.24, 2.45) is 7.05 Å². The van der Waals surface area contributed by atoms with Crippen molar-refractivity contribution in [2.45, 2.75) is 38.1 Å². The number of ether oxygens (including phenoxy) is 2. The molecular weight excluding hydrogens is 410 g/mol. The summed E-state index contributed by atoms with van der Waals surface area (Å²) >= 11 is 0. The van der Waals surface area contributed by atoms with E-state index < -0.39 is 93.6 Å². The molecule has 0 aliphatic rings. The third-order valence-corrected chi connectivity index (χ3v) is 3.87. The van der Waals surface area contributed by atoms with Gasteiger partial charge in [-0.05, 0) is 0 Å². The fourth-order valence-electron chi connectivity index (χ4n) is 2.17. The predicted molar refractivity (Wildman–Crippen MR) is 97.5 cm³/mol. The maximum absolute atomic E-state index is 12.5. The van der Waals surface area contributed by atoms with Crippen LogP contribution >= 0.6 is 0 Å². The number of carbonyl (C=O) groups is 2. The van der Waals surface area contributed by atoms with Gasteiger partial charge < -0.3 is 29.9 Å². The normalized spacial score (nSPS) is 13.0. The highest BCUT2D eigenvalue weighted by Crippen LogP contribution is 1.93. The first-order chi connectivity index (χ1) is 14.1. The molecule has 0 aliphatic heterocycles. The first kappa shape index (κ1) is 25.2. The average Bonchev–Trinajstić information content (AvgIpc) is 2.73. The quantitative estimate of drug-likeness (QED) is 0.230. The van der Waals surface area contributed by atoms with E-state index in [1.807, 2.05) is 0 Å². The number of aliphatic hydroxyl groups is 4. The summed E-state index contributed by atoms with van der Waals surface area (Å²) in [7, 11) is 1.11. The molecule has 2 atom stereocenters. The van der Waals surface area contributed by atoms with E-state index in [2.05, 4.69) is 9.47 Å². The Morgan fingerprint density at radius 3 is 1.50 bits per heavy atom. The number of hydrogen-bond donors (Lipinski definition) is 4. The summed E-state index contributed by atoms with van der Waals surface area (Å²) in [6.45, 7) is -3.00. The van der Waals surface area contributed by atoms with Crippen molar-refractivity contribution in [2.75, 3.05) is 26.4 Å². The lowest BCUT2D eigenvalue weighted by atomic mass is 10.4. The van der Waals surface area contributed by atoms with Gasteiger partial charge in [0, 0.05) is 20.1 Å². The maximum Gasteiger partial charge on any atom is 0.336 e. The number of aromatic nitrogens is 3. The molecule has 0 fully saturated rings. The second kappa shape index (κ2) is 12.0. The zero-order valence-corrected chi connectivity index (χ0v) is 16.3. The minimum atomic E-state index is -1.26. The first-order valence-electron chi connectivity index (χ1n) is 8.92. The molecule has 0 saturated carbocycles. The highest BCUT2D eigenvalue weighted by Gasteiger charge is 2.17. The van der Waals surface area contributed by atoms with Gasteiger partial charge in [0.05, 0.1) is 26.1 Å². The third-order valence-electron chi connectivity index (χ3n) is 3.87. The Morgan fingerprint density at radius 1 is 0.800 bits per heavy atom. The monoisotopic (exact) mass is 435 g/mol. The van der Waals surface area contributed by atoms with Crippen molar-refractivity contribution >= 4 is 11.9 Å². The Kier molecular flexibility index (Phi) is 10.1. The number of aliphatic hydroxyl groups excluding tert-OH is 4. The van der Waals surface area contributed by atoms with Crippen LogP contribution in [0.1, 0.15) is 12.8 Å². The van der Waals surface area contributed by atoms with Crippen LogP contribution in [-0.2, 0) is 39.2 Å². The van der Waals surface area contributed by atoms with E-state index in [-0.39, 0.29) is 0 Å². The summed E-state index contributed by atoms with van der Waals surface area (Å²) in [5.41, 5.74) is -2.99. The number of hydrogen-bond acceptors (Lipinski definition) is 11. The molecule has 0 aliphatic carbocycles. The minimum absolute atomic E-state index is 0.424. The molecule has 0 bridgehead atoms. The second-order valence-electron chi connectivity index (χ2n) is 6.25. The molecule has 1 aromatic rings. The van der Waals surface area contributed by atoms with E-state index in [9.17, 15) is 24.0 Å². The van der Waals surface area contributed by atoms with Gasteiger partial charge in [0.1, 0.15) is 25.4 Å². The molecule has 0 spiro atoms. The van der Waals surface area contributed by atoms with Crippen LogP contribution in [0.3, 0.4) is 0 Å². The number of rotatable bonds is 12. The van der Waals surface area contributed by atoms with Crippen molar-refractivity contribution in [3.8, 4) is 0 Å². The average molecular weight is 435 g/mol. The second-order valence-corrected chi connectivity index (χ2v) is 6.25. The van der Waals surface area contributed by atoms with Gasteiger partial charge in [-0.2, -0.15) is 0 Å². The van der Waals surface area contributed by atoms with Gasteiger partial charge in [-0.15, -0.1) is 0 Å². The van der Waals surface area contributed by atoms with Crippen LogP contribution in [0.4, 0.5) is 0 Å². The molecule has 1 aromatic heterocycles. The Labute approximate surface area is 169 Å². The van der Waals surface area contributed by atoms with Crippen LogP contribution in [0.5, 0.6) is 0 Å². The van der Waals surface area contributed by atoms with Crippen LogP contribution in [0.25, 0.3) is 0 Å². The van der Waals surface area contributed by atoms with Crippen molar-refractivity contribution < 1.29 is 39.5 Å². The molecule has 0 aromatic carbocycles. The molecule has 14 heteroatoms. The van der Waals surface area contributed by atoms with Gasteiger partial charge in [-0.3, -0.25) is 9.59 Å². The topological polar surface area (TPSA) is 200 Å². The molecule has 30 heavy (non-hydrogen) atoms. The smallest absolute Gasteiger partial charge is 0.336 e. The molecule has 4 N–H and O–H groups in total. The van der Waals surface area contributed by atoms with Gasteiger partial charge >= 0.3 is 29.0 Å². The van der Waals surface area contributed by atoms with Crippen LogP contribution in [0.2, 0.25) is 0 Å². The van der Waals surface area contributed by atoms with Crippen molar-refractivity contribution in [1.82, 2.24) is 13.7 Å². The van der Waals surface area contributed by atoms with E-state index in [1.54, 1.807) is 0 Å². The summed E-state index contributed by atoms with van der Waals surface area (Å²) in [6, 6.07) is 0. The maximum atomic E-state index is 12.5. The molecule has 1 heterocycles. The number of nitrogens with zero attached hydrogens (tertiary/aromatic N) is 3. The van der Waals surface area contributed by atoms with Gasteiger partial charge in [-0.25, -0.2) is 28.1 Å². The van der Waals surface area contributed by atoms with E-state index in [1.165, 1.54) is 0 Å². The lowest BCUT2D eigenvalue weighted by Gasteiger charge is -2.12. The predicted octanol–water partition coefficient (Wildman–Crippen LogP) is -4.72. The van der Waals surface area contributed by atoms with E-state index in [4.69, 9.17) is 20.4 Å². The molecule has 2 unspecified atom stereocenters. The van der Waals surface area contributed by atoms with Crippen LogP contribution < -0.4 is 17.1 Å². The first-order valence-corrected chi connectivity index (χ1v) is 8.92. The highest BCUT2D eigenvalue weighted by molar-refractivity contribution is 5.69. The summed E-state index contributed by atoms with van der Waals surface area (Å²) in [6.07, 6.45) is -3.37. The molecule has 0 amide bonds. The van der Waals surface area contributed by atoms with Gasteiger partial charge in [0.15, 0.2) is 0 Å². The summed E-state index contributed by atoms with van der Waals surface area (Å²) in [5.74, 6) is -1.69. The van der Waals surface area contributed by atoms with Crippen molar-refractivity contribution in [3.05, 3.63) is 31.5 Å². The van der Waals surface area contributed by atoms with Crippen LogP contribution in [0.15, 0.2) is 14.4 Å². The summed E-state index contributed by atoms with van der Waals surface area (Å²) < 4.78 is 11.2. The molecule has 0 saturated heterocycles. The van der Waals surface area contributed by atoms with E-state index in [0.29, 0.717) is 13.7 Å². The lowest BCUT2D eigenvalue weighted by molar-refractivity contribution is -0.148. The third kappa shape index (κ3) is 7.22. The van der Waals surface area contributed by atoms with Crippen LogP contribution in [-0.4, -0.2) is 84.7 Å². The van der Waals surface area contributed by atoms with Crippen molar-refractivity contribution in [1.29, 1.82) is 0 Å². The van der Waals surface area contributed by atoms with Gasteiger partial charge in [-0.1, -0.05) is 0 Å². The summed E-state index contributed by atoms with van der Waals surface area (Å²) in [5, 5.41) is 35.6. The number of esters is 2. The molecule has 170 valence electrons. The minimum Gasteiger partial charge on any atom is -0.463 e. The molecular formula is C16H25N3O11. The summed E-state index contributed by atoms with van der Waals surface area (Å²) in [4.78, 5) is 60.1. The fourth-order valence-corrected chi connectivity index (χ4v) is 2.17. The zero-order chi connectivity index (χ0) is 22.8. The van der Waals surface area contributed by atoms with E-state index in [0.717, 1.165) is 7.05 Å². The van der Waals surface area contributed by atoms with Crippen molar-refractivity contribution in [3.63, 3.8) is 0 Å². The Bertz CT molecular complexity index is 833. The van der Waals surface area contributed by atoms with Crippen LogP contribution in [0, 0.1) is 0 Å². The lowest BCUT2D eigenvalue weighted by Crippen LogP contribution is -2.54. The standard InChI is InChI=1S/C16H25N3O11/c1-17-14(26)18(4-2-12(24)29-8-10(22)6-20)16(28)19(15(17)27)5-3-13(25)30-9-11(23)7-21/h10-11,20-23H,2-9H2,1H3. The Balaban J connectivity index is 2.88. The van der Waals surface area contributed by atoms with Gasteiger partial charge in [0.25, 0.3) is 0 Å². The molecule has 0 radical (unpaired) electrons. The molecule has 14 nitrogen and oxygen atoms in total. The van der Waals surface area contributed by atoms with Gasteiger partial charge in [0.2, 0.25) is 0 Å². The SMILES string of the molecule is Cn1c(=O)n(CCC(=O)OCC(O)CO)c(=O)n(CCC(=O)OCC(O)CO)c1=O. The molecule has 1 rings (SSSR count). The number of carbonyl (C=O) groups excluding carboxylic acids is 2. The fraction of sp³-hybridized carbons (Fsp3) is 0.688. The zero-order valence-electron chi connectivity index (χ0n) is 16.3. The highest BCUT2D eigenvalue weighted by atomic mass is 16.5. The van der Waals surface area contributed by atoms with E-state index >= 15 is 0 Å². The Morgan fingerprint density at radius 2 is 1.17 bits per heavy atom. The largest absolute Gasteiger partial charge is 0.463 e.